The van der Waals surface area contributed by atoms with Gasteiger partial charge in [-0.05, 0) is 42.9 Å². The lowest BCUT2D eigenvalue weighted by atomic mass is 9.42. The van der Waals surface area contributed by atoms with Gasteiger partial charge in [-0.3, -0.25) is 28.8 Å². The van der Waals surface area contributed by atoms with E-state index in [-0.39, 0.29) is 60.1 Å². The largest absolute Gasteiger partial charge is 0.481 e. The Kier molecular flexibility index (Phi) is 7.59. The molecule has 0 aliphatic heterocycles. The molecule has 2 fully saturated rings. The van der Waals surface area contributed by atoms with Crippen molar-refractivity contribution in [2.75, 3.05) is 0 Å². The number of carboxylic acid groups (broad SMARTS) is 1. The fourth-order valence-corrected chi connectivity index (χ4v) is 9.17. The van der Waals surface area contributed by atoms with Crippen LogP contribution in [0.1, 0.15) is 93.9 Å². The van der Waals surface area contributed by atoms with Gasteiger partial charge in [0, 0.05) is 54.6 Å². The van der Waals surface area contributed by atoms with Gasteiger partial charge in [0.15, 0.2) is 11.9 Å². The van der Waals surface area contributed by atoms with Crippen molar-refractivity contribution >= 4 is 35.1 Å². The molecule has 0 bridgehead atoms. The SMILES string of the molecule is CC(=O)O[C@@H]1C(=O)C2=C(C(=O)C[C@@H]3C(C)(C)[C@@H](O)CC[C@]23C)[C@]2(C)C(=O)C[C@H]([C@H](C)CC(=O)C[C@@H](C)C(=O)O)[C@@]12C. The van der Waals surface area contributed by atoms with Crippen LogP contribution in [0.3, 0.4) is 0 Å². The average molecular weight is 573 g/mol. The Morgan fingerprint density at radius 3 is 2.15 bits per heavy atom. The maximum Gasteiger partial charge on any atom is 0.306 e. The van der Waals surface area contributed by atoms with Crippen molar-refractivity contribution in [2.24, 2.45) is 45.3 Å². The molecule has 0 amide bonds. The van der Waals surface area contributed by atoms with Crippen LogP contribution in [0, 0.1) is 45.3 Å². The summed E-state index contributed by atoms with van der Waals surface area (Å²) in [6.45, 7) is 13.6. The first-order chi connectivity index (χ1) is 18.8. The second-order valence-corrected chi connectivity index (χ2v) is 14.4. The molecule has 4 aliphatic carbocycles. The Balaban J connectivity index is 1.88. The first kappa shape index (κ1) is 31.3. The van der Waals surface area contributed by atoms with Crippen LogP contribution in [0.25, 0.3) is 0 Å². The molecule has 0 aromatic heterocycles. The van der Waals surface area contributed by atoms with E-state index >= 15 is 0 Å². The van der Waals surface area contributed by atoms with Gasteiger partial charge in [0.1, 0.15) is 11.6 Å². The highest BCUT2D eigenvalue weighted by atomic mass is 16.5. The number of hydrogen-bond acceptors (Lipinski definition) is 8. The zero-order valence-electron chi connectivity index (χ0n) is 25.5. The molecular weight excluding hydrogens is 528 g/mol. The molecular formula is C32H44O9. The Morgan fingerprint density at radius 2 is 1.59 bits per heavy atom. The zero-order chi connectivity index (χ0) is 31.0. The molecule has 0 heterocycles. The van der Waals surface area contributed by atoms with Crippen LogP contribution < -0.4 is 0 Å². The molecule has 9 nitrogen and oxygen atoms in total. The minimum absolute atomic E-state index is 0.00458. The highest BCUT2D eigenvalue weighted by Crippen LogP contribution is 2.70. The summed E-state index contributed by atoms with van der Waals surface area (Å²) in [7, 11) is 0. The van der Waals surface area contributed by atoms with Gasteiger partial charge in [-0.15, -0.1) is 0 Å². The fraction of sp³-hybridized carbons (Fsp3) is 0.750. The van der Waals surface area contributed by atoms with Gasteiger partial charge in [0.2, 0.25) is 5.78 Å². The molecule has 0 unspecified atom stereocenters. The van der Waals surface area contributed by atoms with Gasteiger partial charge in [0.05, 0.1) is 17.4 Å². The smallest absolute Gasteiger partial charge is 0.306 e. The summed E-state index contributed by atoms with van der Waals surface area (Å²) in [5, 5.41) is 20.1. The number of Topliss-reactive ketones (excluding diaryl/α,β-unsaturated/α-hetero) is 4. The molecule has 2 N–H and O–H groups in total. The van der Waals surface area contributed by atoms with Crippen LogP contribution >= 0.6 is 0 Å². The van der Waals surface area contributed by atoms with E-state index in [0.717, 1.165) is 0 Å². The van der Waals surface area contributed by atoms with E-state index < -0.39 is 69.3 Å². The molecule has 226 valence electrons. The van der Waals surface area contributed by atoms with Crippen molar-refractivity contribution in [1.82, 2.24) is 0 Å². The number of hydrogen-bond donors (Lipinski definition) is 2. The van der Waals surface area contributed by atoms with Crippen LogP contribution in [0.15, 0.2) is 11.1 Å². The van der Waals surface area contributed by atoms with Gasteiger partial charge in [-0.2, -0.15) is 0 Å². The van der Waals surface area contributed by atoms with E-state index in [4.69, 9.17) is 4.74 Å². The Labute approximate surface area is 241 Å². The maximum atomic E-state index is 14.6. The van der Waals surface area contributed by atoms with E-state index in [1.165, 1.54) is 13.8 Å². The van der Waals surface area contributed by atoms with Gasteiger partial charge in [-0.25, -0.2) is 0 Å². The summed E-state index contributed by atoms with van der Waals surface area (Å²) in [5.74, 6) is -5.24. The molecule has 2 saturated carbocycles. The lowest BCUT2D eigenvalue weighted by Crippen LogP contribution is -2.65. The van der Waals surface area contributed by atoms with Crippen molar-refractivity contribution in [2.45, 2.75) is 106 Å². The summed E-state index contributed by atoms with van der Waals surface area (Å²) >= 11 is 0. The van der Waals surface area contributed by atoms with Crippen molar-refractivity contribution in [1.29, 1.82) is 0 Å². The summed E-state index contributed by atoms with van der Waals surface area (Å²) in [6, 6.07) is 0. The number of aliphatic hydroxyl groups is 1. The molecule has 9 atom stereocenters. The van der Waals surface area contributed by atoms with Crippen LogP contribution in [0.2, 0.25) is 0 Å². The quantitative estimate of drug-likeness (QED) is 0.433. The molecule has 41 heavy (non-hydrogen) atoms. The molecule has 4 rings (SSSR count). The highest BCUT2D eigenvalue weighted by Gasteiger charge is 2.74. The third kappa shape index (κ3) is 4.28. The van der Waals surface area contributed by atoms with E-state index in [9.17, 15) is 39.0 Å². The number of allylic oxidation sites excluding steroid dienone is 1. The van der Waals surface area contributed by atoms with Crippen molar-refractivity contribution < 1.29 is 43.7 Å². The highest BCUT2D eigenvalue weighted by molar-refractivity contribution is 6.18. The van der Waals surface area contributed by atoms with Crippen molar-refractivity contribution in [3.63, 3.8) is 0 Å². The lowest BCUT2D eigenvalue weighted by molar-refractivity contribution is -0.176. The topological polar surface area (TPSA) is 152 Å². The summed E-state index contributed by atoms with van der Waals surface area (Å²) in [4.78, 5) is 79.5. The Morgan fingerprint density at radius 1 is 0.976 bits per heavy atom. The molecule has 0 aromatic carbocycles. The first-order valence-corrected chi connectivity index (χ1v) is 14.7. The molecule has 9 heteroatoms. The monoisotopic (exact) mass is 572 g/mol. The lowest BCUT2D eigenvalue weighted by Gasteiger charge is -2.61. The summed E-state index contributed by atoms with van der Waals surface area (Å²) in [6.07, 6.45) is -1.19. The number of ether oxygens (including phenoxy) is 1. The predicted molar refractivity (Wildman–Crippen MR) is 147 cm³/mol. The van der Waals surface area contributed by atoms with E-state index in [0.29, 0.717) is 12.8 Å². The number of ketones is 4. The van der Waals surface area contributed by atoms with Crippen molar-refractivity contribution in [3.05, 3.63) is 11.1 Å². The third-order valence-electron chi connectivity index (χ3n) is 11.8. The molecule has 4 aliphatic rings. The number of carbonyl (C=O) groups excluding carboxylic acids is 5. The summed E-state index contributed by atoms with van der Waals surface area (Å²) < 4.78 is 5.80. The van der Waals surface area contributed by atoms with Gasteiger partial charge in [0.25, 0.3) is 0 Å². The number of carbonyl (C=O) groups is 6. The minimum Gasteiger partial charge on any atom is -0.481 e. The van der Waals surface area contributed by atoms with Gasteiger partial charge in [-0.1, -0.05) is 41.5 Å². The number of esters is 1. The predicted octanol–water partition coefficient (Wildman–Crippen LogP) is 3.88. The normalized spacial score (nSPS) is 39.4. The number of aliphatic hydroxyl groups excluding tert-OH is 1. The van der Waals surface area contributed by atoms with Crippen LogP contribution in [-0.4, -0.2) is 57.5 Å². The molecule has 0 radical (unpaired) electrons. The van der Waals surface area contributed by atoms with E-state index in [1.807, 2.05) is 20.8 Å². The van der Waals surface area contributed by atoms with Gasteiger partial charge >= 0.3 is 11.9 Å². The standard InChI is InChI=1S/C32H44O9/c1-15(11-18(34)12-16(2)28(39)40)19-13-23(37)32(8)24-20(35)14-21-29(4,5)22(36)9-10-30(21,6)25(24)26(38)27(31(19,32)7)41-17(3)33/h15-16,19,21-22,27,36H,9-14H2,1-8H3,(H,39,40)/t15-,16-,19-,21-,22+,27-,30+,31+,32+/m1/s1. The number of fused-ring (bicyclic) bond motifs is 4. The van der Waals surface area contributed by atoms with E-state index in [2.05, 4.69) is 0 Å². The Bertz CT molecular complexity index is 1260. The number of aliphatic carboxylic acids is 1. The second kappa shape index (κ2) is 9.96. The minimum atomic E-state index is -1.43. The molecule has 0 saturated heterocycles. The molecule has 0 aromatic rings. The molecule has 0 spiro atoms. The first-order valence-electron chi connectivity index (χ1n) is 14.7. The average Bonchev–Trinajstić information content (AvgIpc) is 3.07. The van der Waals surface area contributed by atoms with Crippen LogP contribution in [-0.2, 0) is 33.5 Å². The fourth-order valence-electron chi connectivity index (χ4n) is 9.17. The zero-order valence-corrected chi connectivity index (χ0v) is 25.5. The number of carboxylic acids is 1. The maximum absolute atomic E-state index is 14.6. The van der Waals surface area contributed by atoms with Crippen LogP contribution in [0.4, 0.5) is 0 Å². The summed E-state index contributed by atoms with van der Waals surface area (Å²) in [5.41, 5.74) is -3.73. The Hall–Kier alpha value is -2.68. The van der Waals surface area contributed by atoms with Crippen molar-refractivity contribution in [3.8, 4) is 0 Å². The third-order valence-corrected chi connectivity index (χ3v) is 11.8. The number of rotatable bonds is 7. The van der Waals surface area contributed by atoms with Gasteiger partial charge < -0.3 is 14.9 Å². The van der Waals surface area contributed by atoms with Crippen LogP contribution in [0.5, 0.6) is 0 Å². The van der Waals surface area contributed by atoms with E-state index in [1.54, 1.807) is 20.8 Å². The second-order valence-electron chi connectivity index (χ2n) is 14.4.